The van der Waals surface area contributed by atoms with Crippen molar-refractivity contribution in [3.8, 4) is 0 Å². The zero-order valence-electron chi connectivity index (χ0n) is 11.2. The van der Waals surface area contributed by atoms with Crippen LogP contribution in [0.5, 0.6) is 0 Å². The van der Waals surface area contributed by atoms with E-state index in [1.165, 1.54) is 48.8 Å². The van der Waals surface area contributed by atoms with Crippen molar-refractivity contribution < 1.29 is 0 Å². The highest BCUT2D eigenvalue weighted by Crippen LogP contribution is 2.31. The lowest BCUT2D eigenvalue weighted by Gasteiger charge is -2.25. The van der Waals surface area contributed by atoms with Crippen molar-refractivity contribution in [2.45, 2.75) is 57.7 Å². The van der Waals surface area contributed by atoms with E-state index in [1.807, 2.05) is 0 Å². The maximum atomic E-state index is 3.73. The van der Waals surface area contributed by atoms with Crippen LogP contribution in [0.15, 0.2) is 12.1 Å². The highest BCUT2D eigenvalue weighted by atomic mass is 79.9. The monoisotopic (exact) mass is 294 g/mol. The second kappa shape index (κ2) is 5.56. The van der Waals surface area contributed by atoms with Gasteiger partial charge in [0.15, 0.2) is 0 Å². The van der Waals surface area contributed by atoms with Crippen molar-refractivity contribution >= 4 is 15.9 Å². The maximum Gasteiger partial charge on any atom is 0.0146 e. The minimum Gasteiger partial charge on any atom is -0.0891 e. The van der Waals surface area contributed by atoms with Crippen LogP contribution in [0.25, 0.3) is 0 Å². The lowest BCUT2D eigenvalue weighted by molar-refractivity contribution is 0.366. The third-order valence-corrected chi connectivity index (χ3v) is 5.20. The number of hydrogen-bond acceptors (Lipinski definition) is 0. The third-order valence-electron chi connectivity index (χ3n) is 4.29. The number of aryl methyl sites for hydroxylation is 2. The Morgan fingerprint density at radius 3 is 2.06 bits per heavy atom. The predicted octanol–water partition coefficient (Wildman–Crippen LogP) is 5.11. The van der Waals surface area contributed by atoms with Gasteiger partial charge in [-0.2, -0.15) is 0 Å². The molecule has 1 fully saturated rings. The Kier molecular flexibility index (Phi) is 4.30. The topological polar surface area (TPSA) is 0 Å². The van der Waals surface area contributed by atoms with Crippen LogP contribution < -0.4 is 0 Å². The van der Waals surface area contributed by atoms with E-state index in [2.05, 4.69) is 48.8 Å². The number of rotatable bonds is 2. The molecule has 2 rings (SSSR count). The van der Waals surface area contributed by atoms with E-state index in [1.54, 1.807) is 5.56 Å². The van der Waals surface area contributed by atoms with E-state index in [9.17, 15) is 0 Å². The van der Waals surface area contributed by atoms with Crippen LogP contribution in [0.2, 0.25) is 0 Å². The number of hydrogen-bond donors (Lipinski definition) is 0. The molecule has 1 saturated carbocycles. The lowest BCUT2D eigenvalue weighted by Crippen LogP contribution is -2.16. The average molecular weight is 295 g/mol. The van der Waals surface area contributed by atoms with E-state index < -0.39 is 0 Å². The quantitative estimate of drug-likeness (QED) is 0.665. The van der Waals surface area contributed by atoms with Gasteiger partial charge in [-0.05, 0) is 81.0 Å². The average Bonchev–Trinajstić information content (AvgIpc) is 2.29. The molecule has 0 saturated heterocycles. The molecule has 0 bridgehead atoms. The van der Waals surface area contributed by atoms with Crippen LogP contribution in [0, 0.1) is 26.7 Å². The Morgan fingerprint density at radius 2 is 1.53 bits per heavy atom. The Hall–Kier alpha value is -0.300. The Bertz CT molecular complexity index is 364. The fourth-order valence-electron chi connectivity index (χ4n) is 2.90. The number of halogens is 1. The first-order valence-corrected chi connectivity index (χ1v) is 7.68. The van der Waals surface area contributed by atoms with E-state index in [0.29, 0.717) is 0 Å². The standard InChI is InChI=1S/C16H23Br/c1-11-8-15(9-12(2)13(11)3)10-14-4-6-16(17)7-5-14/h8-9,14,16H,4-7,10H2,1-3H3. The second-order valence-electron chi connectivity index (χ2n) is 5.68. The van der Waals surface area contributed by atoms with Gasteiger partial charge in [0, 0.05) is 4.83 Å². The molecule has 0 radical (unpaired) electrons. The summed E-state index contributed by atoms with van der Waals surface area (Å²) in [7, 11) is 0. The predicted molar refractivity (Wildman–Crippen MR) is 79.0 cm³/mol. The first kappa shape index (κ1) is 13.1. The normalized spacial score (nSPS) is 24.9. The molecule has 0 aromatic heterocycles. The van der Waals surface area contributed by atoms with Gasteiger partial charge in [-0.1, -0.05) is 28.1 Å². The largest absolute Gasteiger partial charge is 0.0891 e. The smallest absolute Gasteiger partial charge is 0.0146 e. The van der Waals surface area contributed by atoms with Gasteiger partial charge in [0.1, 0.15) is 0 Å². The highest BCUT2D eigenvalue weighted by molar-refractivity contribution is 9.09. The minimum atomic E-state index is 0.778. The fraction of sp³-hybridized carbons (Fsp3) is 0.625. The first-order chi connectivity index (χ1) is 8.06. The Labute approximate surface area is 114 Å². The molecule has 0 nitrogen and oxygen atoms in total. The fourth-order valence-corrected chi connectivity index (χ4v) is 3.43. The van der Waals surface area contributed by atoms with Crippen molar-refractivity contribution in [2.75, 3.05) is 0 Å². The molecule has 1 heteroatoms. The summed E-state index contributed by atoms with van der Waals surface area (Å²) in [4.78, 5) is 0.778. The second-order valence-corrected chi connectivity index (χ2v) is 6.97. The molecule has 0 atom stereocenters. The van der Waals surface area contributed by atoms with Crippen molar-refractivity contribution in [1.82, 2.24) is 0 Å². The molecule has 0 amide bonds. The van der Waals surface area contributed by atoms with Crippen LogP contribution in [0.3, 0.4) is 0 Å². The van der Waals surface area contributed by atoms with Crippen molar-refractivity contribution in [1.29, 1.82) is 0 Å². The van der Waals surface area contributed by atoms with Crippen molar-refractivity contribution in [3.05, 3.63) is 34.4 Å². The molecule has 0 N–H and O–H groups in total. The third kappa shape index (κ3) is 3.34. The summed E-state index contributed by atoms with van der Waals surface area (Å²) in [5.74, 6) is 0.908. The van der Waals surface area contributed by atoms with Crippen LogP contribution in [0.4, 0.5) is 0 Å². The summed E-state index contributed by atoms with van der Waals surface area (Å²) < 4.78 is 0. The highest BCUT2D eigenvalue weighted by Gasteiger charge is 2.19. The van der Waals surface area contributed by atoms with Gasteiger partial charge in [0.2, 0.25) is 0 Å². The summed E-state index contributed by atoms with van der Waals surface area (Å²) in [5, 5.41) is 0. The molecule has 0 heterocycles. The minimum absolute atomic E-state index is 0.778. The molecular formula is C16H23Br. The molecule has 1 aliphatic carbocycles. The summed E-state index contributed by atoms with van der Waals surface area (Å²) in [6, 6.07) is 4.78. The van der Waals surface area contributed by atoms with Crippen LogP contribution in [0.1, 0.15) is 47.9 Å². The van der Waals surface area contributed by atoms with Crippen LogP contribution in [-0.4, -0.2) is 4.83 Å². The van der Waals surface area contributed by atoms with Gasteiger partial charge < -0.3 is 0 Å². The molecular weight excluding hydrogens is 272 g/mol. The van der Waals surface area contributed by atoms with Crippen LogP contribution >= 0.6 is 15.9 Å². The van der Waals surface area contributed by atoms with Crippen LogP contribution in [-0.2, 0) is 6.42 Å². The summed E-state index contributed by atoms with van der Waals surface area (Å²) in [6.45, 7) is 6.70. The van der Waals surface area contributed by atoms with E-state index in [4.69, 9.17) is 0 Å². The van der Waals surface area contributed by atoms with E-state index >= 15 is 0 Å². The van der Waals surface area contributed by atoms with Gasteiger partial charge in [-0.15, -0.1) is 0 Å². The lowest BCUT2D eigenvalue weighted by atomic mass is 9.84. The molecule has 1 aliphatic rings. The molecule has 0 unspecified atom stereocenters. The Morgan fingerprint density at radius 1 is 1.00 bits per heavy atom. The van der Waals surface area contributed by atoms with Gasteiger partial charge in [-0.3, -0.25) is 0 Å². The summed E-state index contributed by atoms with van der Waals surface area (Å²) in [6.07, 6.45) is 6.77. The maximum absolute atomic E-state index is 3.73. The number of benzene rings is 1. The molecule has 1 aromatic carbocycles. The van der Waals surface area contributed by atoms with Gasteiger partial charge >= 0.3 is 0 Å². The van der Waals surface area contributed by atoms with Crippen molar-refractivity contribution in [3.63, 3.8) is 0 Å². The van der Waals surface area contributed by atoms with E-state index in [-0.39, 0.29) is 0 Å². The molecule has 17 heavy (non-hydrogen) atoms. The summed E-state index contributed by atoms with van der Waals surface area (Å²) in [5.41, 5.74) is 5.91. The van der Waals surface area contributed by atoms with Gasteiger partial charge in [-0.25, -0.2) is 0 Å². The number of alkyl halides is 1. The van der Waals surface area contributed by atoms with Gasteiger partial charge in [0.25, 0.3) is 0 Å². The zero-order valence-corrected chi connectivity index (χ0v) is 12.8. The van der Waals surface area contributed by atoms with E-state index in [0.717, 1.165) is 10.7 Å². The zero-order chi connectivity index (χ0) is 12.4. The molecule has 94 valence electrons. The SMILES string of the molecule is Cc1cc(CC2CCC(Br)CC2)cc(C)c1C. The molecule has 0 aliphatic heterocycles. The molecule has 1 aromatic rings. The van der Waals surface area contributed by atoms with Crippen molar-refractivity contribution in [2.24, 2.45) is 5.92 Å². The van der Waals surface area contributed by atoms with Gasteiger partial charge in [0.05, 0.1) is 0 Å². The first-order valence-electron chi connectivity index (χ1n) is 6.77. The molecule has 0 spiro atoms. The Balaban J connectivity index is 2.04. The summed E-state index contributed by atoms with van der Waals surface area (Å²) >= 11 is 3.73.